The molecule has 0 bridgehead atoms. The molecule has 2 aromatic rings. The minimum Gasteiger partial charge on any atom is -0.489 e. The zero-order chi connectivity index (χ0) is 22.5. The number of fused-ring (bicyclic) bond motifs is 1. The maximum Gasteiger partial charge on any atom is 0.430 e. The van der Waals surface area contributed by atoms with Crippen molar-refractivity contribution >= 4 is 15.7 Å². The van der Waals surface area contributed by atoms with Crippen LogP contribution in [0.4, 0.5) is 36.4 Å². The van der Waals surface area contributed by atoms with E-state index in [2.05, 4.69) is 0 Å². The molecule has 30 heavy (non-hydrogen) atoms. The van der Waals surface area contributed by atoms with Gasteiger partial charge in [0.05, 0.1) is 17.1 Å². The van der Waals surface area contributed by atoms with Crippen LogP contribution in [0.2, 0.25) is 0 Å². The molecule has 0 amide bonds. The van der Waals surface area contributed by atoms with Crippen LogP contribution in [0, 0.1) is 5.82 Å². The van der Waals surface area contributed by atoms with Gasteiger partial charge < -0.3 is 9.84 Å². The zero-order valence-electron chi connectivity index (χ0n) is 14.6. The summed E-state index contributed by atoms with van der Waals surface area (Å²) in [7, 11) is -4.32. The van der Waals surface area contributed by atoms with Crippen LogP contribution in [-0.4, -0.2) is 39.0 Å². The normalized spacial score (nSPS) is 15.5. The van der Waals surface area contributed by atoms with Gasteiger partial charge in [-0.25, -0.2) is 12.8 Å². The van der Waals surface area contributed by atoms with Crippen molar-refractivity contribution in [2.75, 3.05) is 17.5 Å². The van der Waals surface area contributed by atoms with E-state index in [1.54, 1.807) is 0 Å². The molecule has 1 N–H and O–H groups in total. The number of anilines is 1. The van der Waals surface area contributed by atoms with Gasteiger partial charge in [0, 0.05) is 5.56 Å². The van der Waals surface area contributed by atoms with Crippen molar-refractivity contribution in [1.82, 2.24) is 0 Å². The van der Waals surface area contributed by atoms with Gasteiger partial charge in [0.15, 0.2) is 0 Å². The molecule has 0 saturated heterocycles. The maximum absolute atomic E-state index is 13.1. The summed E-state index contributed by atoms with van der Waals surface area (Å²) >= 11 is 0. The van der Waals surface area contributed by atoms with Crippen LogP contribution in [0.25, 0.3) is 0 Å². The lowest BCUT2D eigenvalue weighted by Crippen LogP contribution is -2.54. The van der Waals surface area contributed by atoms with E-state index < -0.39 is 45.1 Å². The van der Waals surface area contributed by atoms with Crippen LogP contribution in [0.3, 0.4) is 0 Å². The number of hydrogen-bond donors (Lipinski definition) is 1. The molecule has 0 radical (unpaired) electrons. The van der Waals surface area contributed by atoms with E-state index in [0.717, 1.165) is 24.3 Å². The highest BCUT2D eigenvalue weighted by molar-refractivity contribution is 7.92. The molecule has 3 rings (SSSR count). The first-order chi connectivity index (χ1) is 13.7. The quantitative estimate of drug-likeness (QED) is 0.711. The van der Waals surface area contributed by atoms with Crippen molar-refractivity contribution in [3.05, 3.63) is 53.8 Å². The van der Waals surface area contributed by atoms with Crippen molar-refractivity contribution < 1.29 is 49.0 Å². The molecule has 0 fully saturated rings. The fraction of sp³-hybridized carbons (Fsp3) is 0.294. The van der Waals surface area contributed by atoms with Crippen LogP contribution in [0.1, 0.15) is 5.56 Å². The average Bonchev–Trinajstić information content (AvgIpc) is 2.65. The van der Waals surface area contributed by atoms with Gasteiger partial charge in [-0.05, 0) is 36.4 Å². The van der Waals surface area contributed by atoms with Gasteiger partial charge in [-0.1, -0.05) is 6.07 Å². The highest BCUT2D eigenvalue weighted by atomic mass is 32.2. The minimum absolute atomic E-state index is 0.294. The van der Waals surface area contributed by atoms with Gasteiger partial charge in [-0.3, -0.25) is 4.31 Å². The molecule has 5 nitrogen and oxygen atoms in total. The Balaban J connectivity index is 2.10. The number of benzene rings is 2. The summed E-state index contributed by atoms with van der Waals surface area (Å²) in [5, 5.41) is 9.51. The maximum atomic E-state index is 13.1. The predicted octanol–water partition coefficient (Wildman–Crippen LogP) is 3.73. The predicted molar refractivity (Wildman–Crippen MR) is 88.9 cm³/mol. The summed E-state index contributed by atoms with van der Waals surface area (Å²) in [6.45, 7) is -0.678. The van der Waals surface area contributed by atoms with E-state index >= 15 is 0 Å². The number of nitrogens with zero attached hydrogens (tertiary/aromatic N) is 1. The molecule has 0 aromatic heterocycles. The van der Waals surface area contributed by atoms with Gasteiger partial charge in [-0.15, -0.1) is 0 Å². The third-order valence-electron chi connectivity index (χ3n) is 4.42. The smallest absolute Gasteiger partial charge is 0.430 e. The lowest BCUT2D eigenvalue weighted by atomic mass is 9.91. The van der Waals surface area contributed by atoms with Gasteiger partial charge in [0.1, 0.15) is 18.2 Å². The van der Waals surface area contributed by atoms with Crippen molar-refractivity contribution in [2.45, 2.75) is 22.8 Å². The molecular weight excluding hydrogens is 447 g/mol. The van der Waals surface area contributed by atoms with Crippen LogP contribution >= 0.6 is 0 Å². The van der Waals surface area contributed by atoms with Crippen LogP contribution in [-0.2, 0) is 15.6 Å². The number of ether oxygens (including phenoxy) is 1. The van der Waals surface area contributed by atoms with Crippen molar-refractivity contribution in [3.8, 4) is 5.75 Å². The summed E-state index contributed by atoms with van der Waals surface area (Å²) in [5.74, 6) is -1.31. The number of rotatable bonds is 3. The summed E-state index contributed by atoms with van der Waals surface area (Å²) < 4.78 is 123. The Labute approximate surface area is 165 Å². The number of aliphatic hydroxyl groups is 1. The van der Waals surface area contributed by atoms with E-state index in [9.17, 15) is 44.3 Å². The Morgan fingerprint density at radius 2 is 1.50 bits per heavy atom. The third kappa shape index (κ3) is 3.45. The van der Waals surface area contributed by atoms with Crippen LogP contribution in [0.15, 0.2) is 47.4 Å². The first-order valence-corrected chi connectivity index (χ1v) is 9.55. The van der Waals surface area contributed by atoms with Crippen molar-refractivity contribution in [1.29, 1.82) is 0 Å². The number of sulfonamides is 1. The molecule has 0 aliphatic carbocycles. The summed E-state index contributed by atoms with van der Waals surface area (Å²) in [6.07, 6.45) is -12.2. The Bertz CT molecular complexity index is 1040. The highest BCUT2D eigenvalue weighted by Gasteiger charge is 2.71. The molecule has 0 unspecified atom stereocenters. The fourth-order valence-corrected chi connectivity index (χ4v) is 4.35. The molecule has 0 spiro atoms. The molecule has 1 aliphatic heterocycles. The van der Waals surface area contributed by atoms with Gasteiger partial charge in [0.2, 0.25) is 0 Å². The molecular formula is C17H12F7NO4S. The lowest BCUT2D eigenvalue weighted by molar-refractivity contribution is -0.376. The van der Waals surface area contributed by atoms with Crippen molar-refractivity contribution in [2.24, 2.45) is 0 Å². The first-order valence-electron chi connectivity index (χ1n) is 8.11. The molecule has 2 aromatic carbocycles. The standard InChI is InChI=1S/C17H12F7NO4S/c18-11-2-4-12(5-3-11)30(27,28)25-7-8-29-14-9-10(1-6-13(14)25)15(26,16(19,20)21)17(22,23)24/h1-6,9,26H,7-8H2. The van der Waals surface area contributed by atoms with Gasteiger partial charge >= 0.3 is 12.4 Å². The second-order valence-corrected chi connectivity index (χ2v) is 8.13. The highest BCUT2D eigenvalue weighted by Crippen LogP contribution is 2.51. The Morgan fingerprint density at radius 3 is 2.03 bits per heavy atom. The molecule has 0 saturated carbocycles. The molecule has 13 heteroatoms. The van der Waals surface area contributed by atoms with Gasteiger partial charge in [-0.2, -0.15) is 26.3 Å². The minimum atomic E-state index is -6.10. The second-order valence-electron chi connectivity index (χ2n) is 6.27. The lowest BCUT2D eigenvalue weighted by Gasteiger charge is -2.35. The topological polar surface area (TPSA) is 66.8 Å². The Kier molecular flexibility index (Phi) is 5.18. The Hall–Kier alpha value is -2.54. The van der Waals surface area contributed by atoms with E-state index in [1.807, 2.05) is 0 Å². The summed E-state index contributed by atoms with van der Waals surface area (Å²) in [5.41, 5.74) is -7.10. The largest absolute Gasteiger partial charge is 0.489 e. The number of halogens is 7. The monoisotopic (exact) mass is 459 g/mol. The Morgan fingerprint density at radius 1 is 0.933 bits per heavy atom. The fourth-order valence-electron chi connectivity index (χ4n) is 2.89. The van der Waals surface area contributed by atoms with E-state index in [1.165, 1.54) is 0 Å². The van der Waals surface area contributed by atoms with E-state index in [-0.39, 0.29) is 23.7 Å². The van der Waals surface area contributed by atoms with E-state index in [0.29, 0.717) is 22.5 Å². The van der Waals surface area contributed by atoms with E-state index in [4.69, 9.17) is 4.74 Å². The van der Waals surface area contributed by atoms with Crippen LogP contribution < -0.4 is 9.04 Å². The molecule has 1 heterocycles. The summed E-state index contributed by atoms with van der Waals surface area (Å²) in [6, 6.07) is 4.96. The third-order valence-corrected chi connectivity index (χ3v) is 6.25. The number of hydrogen-bond acceptors (Lipinski definition) is 4. The van der Waals surface area contributed by atoms with Crippen molar-refractivity contribution in [3.63, 3.8) is 0 Å². The SMILES string of the molecule is O=S(=O)(c1ccc(F)cc1)N1CCOc2cc(C(O)(C(F)(F)F)C(F)(F)F)ccc21. The molecule has 164 valence electrons. The van der Waals surface area contributed by atoms with Gasteiger partial charge in [0.25, 0.3) is 15.6 Å². The molecule has 0 atom stereocenters. The zero-order valence-corrected chi connectivity index (χ0v) is 15.4. The summed E-state index contributed by atoms with van der Waals surface area (Å²) in [4.78, 5) is -0.345. The first kappa shape index (κ1) is 22.2. The molecule has 1 aliphatic rings. The number of alkyl halides is 6. The van der Waals surface area contributed by atoms with Crippen LogP contribution in [0.5, 0.6) is 5.75 Å². The average molecular weight is 459 g/mol. The second kappa shape index (κ2) is 7.01.